The van der Waals surface area contributed by atoms with Crippen LogP contribution in [0.2, 0.25) is 0 Å². The van der Waals surface area contributed by atoms with Gasteiger partial charge in [-0.2, -0.15) is 5.26 Å². The smallest absolute Gasteiger partial charge is 0.167 e. The molecule has 0 saturated carbocycles. The zero-order valence-electron chi connectivity index (χ0n) is 11.1. The number of ether oxygens (including phenoxy) is 1. The van der Waals surface area contributed by atoms with Crippen LogP contribution in [0.5, 0.6) is 11.5 Å². The molecular weight excluding hydrogens is 289 g/mol. The maximum absolute atomic E-state index is 13.8. The molecule has 2 aromatic carbocycles. The minimum atomic E-state index is -0.608. The monoisotopic (exact) mass is 299 g/mol. The van der Waals surface area contributed by atoms with E-state index in [9.17, 15) is 4.39 Å². The second kappa shape index (κ2) is 5.04. The zero-order chi connectivity index (χ0) is 15.0. The molecule has 1 aromatic heterocycles. The quantitative estimate of drug-likeness (QED) is 0.726. The van der Waals surface area contributed by atoms with E-state index < -0.39 is 5.82 Å². The highest BCUT2D eigenvalue weighted by molar-refractivity contribution is 7.18. The average molecular weight is 299 g/mol. The van der Waals surface area contributed by atoms with Crippen LogP contribution in [-0.4, -0.2) is 4.98 Å². The van der Waals surface area contributed by atoms with Crippen LogP contribution >= 0.6 is 11.3 Å². The van der Waals surface area contributed by atoms with Crippen molar-refractivity contribution in [3.63, 3.8) is 0 Å². The third-order valence-electron chi connectivity index (χ3n) is 2.91. The zero-order valence-corrected chi connectivity index (χ0v) is 11.9. The molecule has 3 aromatic rings. The van der Waals surface area contributed by atoms with Crippen molar-refractivity contribution in [2.75, 3.05) is 5.73 Å². The molecule has 0 bridgehead atoms. The first kappa shape index (κ1) is 13.3. The number of nitrogens with zero attached hydrogens (tertiary/aromatic N) is 2. The number of hydrogen-bond donors (Lipinski definition) is 1. The predicted octanol–water partition coefficient (Wildman–Crippen LogP) is 3.99. The summed E-state index contributed by atoms with van der Waals surface area (Å²) >= 11 is 1.53. The van der Waals surface area contributed by atoms with Crippen LogP contribution < -0.4 is 10.5 Å². The van der Waals surface area contributed by atoms with Crippen molar-refractivity contribution in [2.45, 2.75) is 6.92 Å². The highest BCUT2D eigenvalue weighted by atomic mass is 32.1. The Bertz CT molecular complexity index is 882. The number of nitrogens with two attached hydrogens (primary N) is 1. The lowest BCUT2D eigenvalue weighted by molar-refractivity contribution is 0.444. The molecule has 2 N–H and O–H groups in total. The summed E-state index contributed by atoms with van der Waals surface area (Å²) in [6.07, 6.45) is 0. The number of hydrogen-bond acceptors (Lipinski definition) is 5. The van der Waals surface area contributed by atoms with Gasteiger partial charge in [-0.25, -0.2) is 9.37 Å². The number of benzene rings is 2. The van der Waals surface area contributed by atoms with Gasteiger partial charge in [0.15, 0.2) is 17.3 Å². The summed E-state index contributed by atoms with van der Waals surface area (Å²) in [5.41, 5.74) is 7.34. The number of halogens is 1. The van der Waals surface area contributed by atoms with Crippen LogP contribution in [0.1, 0.15) is 10.6 Å². The highest BCUT2D eigenvalue weighted by Crippen LogP contribution is 2.34. The normalized spacial score (nSPS) is 10.5. The van der Waals surface area contributed by atoms with E-state index in [2.05, 4.69) is 4.98 Å². The predicted molar refractivity (Wildman–Crippen MR) is 80.0 cm³/mol. The molecule has 1 heterocycles. The van der Waals surface area contributed by atoms with Gasteiger partial charge in [0.1, 0.15) is 0 Å². The van der Waals surface area contributed by atoms with Gasteiger partial charge in [0, 0.05) is 6.07 Å². The van der Waals surface area contributed by atoms with E-state index in [1.54, 1.807) is 12.1 Å². The first-order valence-corrected chi connectivity index (χ1v) is 6.92. The molecule has 0 saturated heterocycles. The molecule has 0 amide bonds. The molecule has 3 rings (SSSR count). The topological polar surface area (TPSA) is 71.9 Å². The molecular formula is C15H10FN3OS. The summed E-state index contributed by atoms with van der Waals surface area (Å²) < 4.78 is 20.3. The molecule has 6 heteroatoms. The third-order valence-corrected chi connectivity index (χ3v) is 3.84. The van der Waals surface area contributed by atoms with E-state index in [0.717, 1.165) is 21.3 Å². The number of nitrogen functional groups attached to an aromatic ring is 1. The number of anilines is 1. The van der Waals surface area contributed by atoms with Crippen molar-refractivity contribution >= 4 is 27.2 Å². The lowest BCUT2D eigenvalue weighted by Crippen LogP contribution is -1.94. The van der Waals surface area contributed by atoms with Gasteiger partial charge in [-0.3, -0.25) is 0 Å². The largest absolute Gasteiger partial charge is 0.452 e. The van der Waals surface area contributed by atoms with Crippen molar-refractivity contribution in [2.24, 2.45) is 0 Å². The maximum atomic E-state index is 13.8. The summed E-state index contributed by atoms with van der Waals surface area (Å²) in [6.45, 7) is 1.90. The molecule has 0 atom stereocenters. The standard InChI is InChI=1S/C15H10FN3OS/c1-8-19-12-6-14(11(18)5-15(12)21-8)20-13-3-2-9(7-17)4-10(13)16/h2-6H,18H2,1H3. The van der Waals surface area contributed by atoms with Crippen molar-refractivity contribution in [3.8, 4) is 17.6 Å². The lowest BCUT2D eigenvalue weighted by Gasteiger charge is -2.09. The van der Waals surface area contributed by atoms with E-state index in [1.807, 2.05) is 13.0 Å². The number of thiazole rings is 1. The molecule has 0 unspecified atom stereocenters. The summed E-state index contributed by atoms with van der Waals surface area (Å²) in [4.78, 5) is 4.35. The Morgan fingerprint density at radius 1 is 1.29 bits per heavy atom. The number of nitriles is 1. The van der Waals surface area contributed by atoms with Crippen LogP contribution in [-0.2, 0) is 0 Å². The van der Waals surface area contributed by atoms with Crippen LogP contribution in [0.4, 0.5) is 10.1 Å². The second-order valence-corrected chi connectivity index (χ2v) is 5.68. The summed E-state index contributed by atoms with van der Waals surface area (Å²) in [5, 5.41) is 9.65. The molecule has 0 fully saturated rings. The molecule has 0 aliphatic rings. The van der Waals surface area contributed by atoms with Crippen molar-refractivity contribution in [3.05, 3.63) is 46.7 Å². The summed E-state index contributed by atoms with van der Waals surface area (Å²) in [5.74, 6) is -0.244. The molecule has 4 nitrogen and oxygen atoms in total. The van der Waals surface area contributed by atoms with Crippen LogP contribution in [0.25, 0.3) is 10.2 Å². The Labute approximate surface area is 124 Å². The minimum absolute atomic E-state index is 0.0204. The molecule has 0 radical (unpaired) electrons. The average Bonchev–Trinajstić information content (AvgIpc) is 2.80. The van der Waals surface area contributed by atoms with Gasteiger partial charge in [-0.15, -0.1) is 11.3 Å². The van der Waals surface area contributed by atoms with Gasteiger partial charge in [-0.05, 0) is 31.2 Å². The second-order valence-electron chi connectivity index (χ2n) is 4.45. The Hall–Kier alpha value is -2.65. The number of rotatable bonds is 2. The van der Waals surface area contributed by atoms with E-state index in [-0.39, 0.29) is 11.3 Å². The van der Waals surface area contributed by atoms with E-state index in [1.165, 1.54) is 23.5 Å². The van der Waals surface area contributed by atoms with Gasteiger partial charge in [0.25, 0.3) is 0 Å². The van der Waals surface area contributed by atoms with Gasteiger partial charge in [-0.1, -0.05) is 0 Å². The van der Waals surface area contributed by atoms with Crippen molar-refractivity contribution in [1.29, 1.82) is 5.26 Å². The van der Waals surface area contributed by atoms with Gasteiger partial charge in [0.05, 0.1) is 32.5 Å². The van der Waals surface area contributed by atoms with E-state index in [4.69, 9.17) is 15.7 Å². The fourth-order valence-corrected chi connectivity index (χ4v) is 2.80. The van der Waals surface area contributed by atoms with Crippen LogP contribution in [0.3, 0.4) is 0 Å². The molecule has 0 aliphatic heterocycles. The van der Waals surface area contributed by atoms with E-state index in [0.29, 0.717) is 11.4 Å². The van der Waals surface area contributed by atoms with Gasteiger partial charge >= 0.3 is 0 Å². The third kappa shape index (κ3) is 2.51. The maximum Gasteiger partial charge on any atom is 0.167 e. The highest BCUT2D eigenvalue weighted by Gasteiger charge is 2.11. The van der Waals surface area contributed by atoms with Gasteiger partial charge in [0.2, 0.25) is 0 Å². The fourth-order valence-electron chi connectivity index (χ4n) is 1.95. The fraction of sp³-hybridized carbons (Fsp3) is 0.0667. The van der Waals surface area contributed by atoms with Gasteiger partial charge < -0.3 is 10.5 Å². The first-order chi connectivity index (χ1) is 10.1. The molecule has 21 heavy (non-hydrogen) atoms. The van der Waals surface area contributed by atoms with E-state index >= 15 is 0 Å². The van der Waals surface area contributed by atoms with Crippen LogP contribution in [0.15, 0.2) is 30.3 Å². The number of aryl methyl sites for hydroxylation is 1. The molecule has 0 spiro atoms. The number of fused-ring (bicyclic) bond motifs is 1. The molecule has 0 aliphatic carbocycles. The Kier molecular flexibility index (Phi) is 3.20. The number of aromatic nitrogens is 1. The molecule has 104 valence electrons. The SMILES string of the molecule is Cc1nc2cc(Oc3ccc(C#N)cc3F)c(N)cc2s1. The lowest BCUT2D eigenvalue weighted by atomic mass is 10.2. The Morgan fingerprint density at radius 3 is 2.81 bits per heavy atom. The van der Waals surface area contributed by atoms with Crippen LogP contribution in [0, 0.1) is 24.1 Å². The Morgan fingerprint density at radius 2 is 2.10 bits per heavy atom. The Balaban J connectivity index is 2.01. The summed E-state index contributed by atoms with van der Waals surface area (Å²) in [7, 11) is 0. The van der Waals surface area contributed by atoms with Crippen molar-refractivity contribution in [1.82, 2.24) is 4.98 Å². The van der Waals surface area contributed by atoms with Crippen molar-refractivity contribution < 1.29 is 9.13 Å². The minimum Gasteiger partial charge on any atom is -0.452 e. The first-order valence-electron chi connectivity index (χ1n) is 6.11. The summed E-state index contributed by atoms with van der Waals surface area (Å²) in [6, 6.07) is 9.33.